The Morgan fingerprint density at radius 2 is 1.84 bits per heavy atom. The van der Waals surface area contributed by atoms with Gasteiger partial charge in [-0.1, -0.05) is 35.9 Å². The summed E-state index contributed by atoms with van der Waals surface area (Å²) in [6.07, 6.45) is 0. The third kappa shape index (κ3) is 5.00. The molecule has 8 nitrogen and oxygen atoms in total. The topological polar surface area (TPSA) is 127 Å². The van der Waals surface area contributed by atoms with Crippen molar-refractivity contribution in [3.63, 3.8) is 0 Å². The first kappa shape index (κ1) is 18.4. The summed E-state index contributed by atoms with van der Waals surface area (Å²) in [5.74, 6) is -1.80. The van der Waals surface area contributed by atoms with Crippen LogP contribution < -0.4 is 16.4 Å². The van der Waals surface area contributed by atoms with E-state index in [1.165, 1.54) is 12.1 Å². The van der Waals surface area contributed by atoms with Gasteiger partial charge >= 0.3 is 11.8 Å². The fourth-order valence-corrected chi connectivity index (χ4v) is 2.23. The second-order valence-corrected chi connectivity index (χ2v) is 5.49. The van der Waals surface area contributed by atoms with E-state index < -0.39 is 16.7 Å². The van der Waals surface area contributed by atoms with Gasteiger partial charge < -0.3 is 16.4 Å². The standard InChI is InChI=1S/C16H15ClN4O4/c17-13-5-4-12(7-14(13)21(24)25)20-16(23)15(22)19-9-11-3-1-2-10(6-11)8-18/h1-7H,8-9,18H2,(H,19,22)(H,20,23). The van der Waals surface area contributed by atoms with Crippen LogP contribution >= 0.6 is 11.6 Å². The van der Waals surface area contributed by atoms with Crippen molar-refractivity contribution in [3.8, 4) is 0 Å². The Balaban J connectivity index is 1.97. The Labute approximate surface area is 148 Å². The number of halogens is 1. The van der Waals surface area contributed by atoms with Gasteiger partial charge in [0.2, 0.25) is 0 Å². The predicted octanol–water partition coefficient (Wildman–Crippen LogP) is 1.96. The molecule has 0 spiro atoms. The van der Waals surface area contributed by atoms with Crippen molar-refractivity contribution >= 4 is 34.8 Å². The number of anilines is 1. The molecule has 0 aliphatic carbocycles. The molecule has 130 valence electrons. The summed E-state index contributed by atoms with van der Waals surface area (Å²) < 4.78 is 0. The average molecular weight is 363 g/mol. The Kier molecular flexibility index (Phi) is 6.04. The van der Waals surface area contributed by atoms with Crippen molar-refractivity contribution in [2.24, 2.45) is 5.73 Å². The lowest BCUT2D eigenvalue weighted by Crippen LogP contribution is -2.35. The van der Waals surface area contributed by atoms with Gasteiger partial charge in [0, 0.05) is 24.8 Å². The molecule has 0 radical (unpaired) electrons. The molecule has 0 bridgehead atoms. The molecular weight excluding hydrogens is 348 g/mol. The summed E-state index contributed by atoms with van der Waals surface area (Å²) in [4.78, 5) is 33.9. The van der Waals surface area contributed by atoms with Crippen LogP contribution in [0, 0.1) is 10.1 Å². The number of nitro groups is 1. The van der Waals surface area contributed by atoms with Gasteiger partial charge in [0.25, 0.3) is 5.69 Å². The minimum Gasteiger partial charge on any atom is -0.344 e. The molecule has 0 aromatic heterocycles. The number of benzene rings is 2. The van der Waals surface area contributed by atoms with Crippen LogP contribution in [0.4, 0.5) is 11.4 Å². The number of nitrogens with zero attached hydrogens (tertiary/aromatic N) is 1. The molecule has 0 atom stereocenters. The molecule has 2 amide bonds. The highest BCUT2D eigenvalue weighted by Gasteiger charge is 2.17. The quantitative estimate of drug-likeness (QED) is 0.425. The molecule has 0 aliphatic heterocycles. The van der Waals surface area contributed by atoms with Crippen LogP contribution in [0.5, 0.6) is 0 Å². The normalized spacial score (nSPS) is 10.2. The molecule has 2 aromatic carbocycles. The average Bonchev–Trinajstić information content (AvgIpc) is 2.61. The minimum atomic E-state index is -0.938. The van der Waals surface area contributed by atoms with Crippen LogP contribution in [0.2, 0.25) is 5.02 Å². The number of nitro benzene ring substituents is 1. The van der Waals surface area contributed by atoms with E-state index in [0.717, 1.165) is 17.2 Å². The Hall–Kier alpha value is -2.97. The van der Waals surface area contributed by atoms with Gasteiger partial charge in [-0.05, 0) is 23.3 Å². The van der Waals surface area contributed by atoms with E-state index in [2.05, 4.69) is 10.6 Å². The fraction of sp³-hybridized carbons (Fsp3) is 0.125. The van der Waals surface area contributed by atoms with Crippen LogP contribution in [-0.2, 0) is 22.7 Å². The number of hydrogen-bond acceptors (Lipinski definition) is 5. The van der Waals surface area contributed by atoms with E-state index in [-0.39, 0.29) is 22.9 Å². The first-order valence-electron chi connectivity index (χ1n) is 7.21. The highest BCUT2D eigenvalue weighted by atomic mass is 35.5. The van der Waals surface area contributed by atoms with E-state index >= 15 is 0 Å². The monoisotopic (exact) mass is 362 g/mol. The van der Waals surface area contributed by atoms with Crippen LogP contribution in [0.1, 0.15) is 11.1 Å². The first-order valence-corrected chi connectivity index (χ1v) is 7.59. The number of rotatable bonds is 5. The molecule has 0 unspecified atom stereocenters. The van der Waals surface area contributed by atoms with Crippen molar-refractivity contribution < 1.29 is 14.5 Å². The maximum Gasteiger partial charge on any atom is 0.313 e. The molecule has 0 heterocycles. The maximum atomic E-state index is 11.9. The highest BCUT2D eigenvalue weighted by molar-refractivity contribution is 6.39. The largest absolute Gasteiger partial charge is 0.344 e. The number of hydrogen-bond donors (Lipinski definition) is 3. The highest BCUT2D eigenvalue weighted by Crippen LogP contribution is 2.27. The van der Waals surface area contributed by atoms with Crippen molar-refractivity contribution in [1.29, 1.82) is 0 Å². The molecule has 0 aliphatic rings. The first-order chi connectivity index (χ1) is 11.9. The van der Waals surface area contributed by atoms with Gasteiger partial charge in [-0.3, -0.25) is 19.7 Å². The zero-order valence-electron chi connectivity index (χ0n) is 13.0. The molecule has 4 N–H and O–H groups in total. The molecule has 9 heteroatoms. The van der Waals surface area contributed by atoms with Crippen LogP contribution in [-0.4, -0.2) is 16.7 Å². The van der Waals surface area contributed by atoms with Crippen molar-refractivity contribution in [3.05, 3.63) is 68.7 Å². The molecule has 25 heavy (non-hydrogen) atoms. The summed E-state index contributed by atoms with van der Waals surface area (Å²) in [6, 6.07) is 11.0. The molecule has 2 rings (SSSR count). The third-order valence-electron chi connectivity index (χ3n) is 3.29. The summed E-state index contributed by atoms with van der Waals surface area (Å²) >= 11 is 5.69. The van der Waals surface area contributed by atoms with E-state index in [4.69, 9.17) is 17.3 Å². The van der Waals surface area contributed by atoms with Crippen molar-refractivity contribution in [2.45, 2.75) is 13.1 Å². The van der Waals surface area contributed by atoms with Crippen LogP contribution in [0.15, 0.2) is 42.5 Å². The lowest BCUT2D eigenvalue weighted by atomic mass is 10.1. The third-order valence-corrected chi connectivity index (χ3v) is 3.61. The molecule has 0 fully saturated rings. The Morgan fingerprint density at radius 3 is 2.52 bits per heavy atom. The fourth-order valence-electron chi connectivity index (χ4n) is 2.05. The number of nitrogens with two attached hydrogens (primary N) is 1. The van der Waals surface area contributed by atoms with Gasteiger partial charge in [0.15, 0.2) is 0 Å². The van der Waals surface area contributed by atoms with Gasteiger partial charge in [-0.2, -0.15) is 0 Å². The molecule has 2 aromatic rings. The van der Waals surface area contributed by atoms with Gasteiger partial charge in [-0.15, -0.1) is 0 Å². The summed E-state index contributed by atoms with van der Waals surface area (Å²) in [5.41, 5.74) is 6.98. The van der Waals surface area contributed by atoms with Crippen molar-refractivity contribution in [1.82, 2.24) is 5.32 Å². The van der Waals surface area contributed by atoms with Gasteiger partial charge in [0.05, 0.1) is 4.92 Å². The number of carbonyl (C=O) groups excluding carboxylic acids is 2. The lowest BCUT2D eigenvalue weighted by Gasteiger charge is -2.08. The van der Waals surface area contributed by atoms with E-state index in [9.17, 15) is 19.7 Å². The Bertz CT molecular complexity index is 826. The van der Waals surface area contributed by atoms with Gasteiger partial charge in [0.1, 0.15) is 5.02 Å². The summed E-state index contributed by atoms with van der Waals surface area (Å²) in [5, 5.41) is 15.5. The van der Waals surface area contributed by atoms with Crippen molar-refractivity contribution in [2.75, 3.05) is 5.32 Å². The van der Waals surface area contributed by atoms with E-state index in [1.54, 1.807) is 12.1 Å². The van der Waals surface area contributed by atoms with E-state index in [0.29, 0.717) is 6.54 Å². The number of amides is 2. The van der Waals surface area contributed by atoms with E-state index in [1.807, 2.05) is 12.1 Å². The van der Waals surface area contributed by atoms with Crippen LogP contribution in [0.25, 0.3) is 0 Å². The zero-order chi connectivity index (χ0) is 18.4. The van der Waals surface area contributed by atoms with Crippen LogP contribution in [0.3, 0.4) is 0 Å². The minimum absolute atomic E-state index is 0.0627. The SMILES string of the molecule is NCc1cccc(CNC(=O)C(=O)Nc2ccc(Cl)c([N+](=O)[O-])c2)c1. The second-order valence-electron chi connectivity index (χ2n) is 5.08. The zero-order valence-corrected chi connectivity index (χ0v) is 13.7. The second kappa shape index (κ2) is 8.22. The summed E-state index contributed by atoms with van der Waals surface area (Å²) in [7, 11) is 0. The molecular formula is C16H15ClN4O4. The molecule has 0 saturated heterocycles. The smallest absolute Gasteiger partial charge is 0.313 e. The molecule has 0 saturated carbocycles. The summed E-state index contributed by atoms with van der Waals surface area (Å²) in [6.45, 7) is 0.526. The predicted molar refractivity (Wildman–Crippen MR) is 92.9 cm³/mol. The lowest BCUT2D eigenvalue weighted by molar-refractivity contribution is -0.384. The maximum absolute atomic E-state index is 11.9. The van der Waals surface area contributed by atoms with Gasteiger partial charge in [-0.25, -0.2) is 0 Å². The number of carbonyl (C=O) groups is 2. The Morgan fingerprint density at radius 1 is 1.12 bits per heavy atom. The number of nitrogens with one attached hydrogen (secondary N) is 2.